The average Bonchev–Trinajstić information content (AvgIpc) is 2.96. The second-order valence-corrected chi connectivity index (χ2v) is 8.81. The molecule has 1 atom stereocenters. The number of nitrogens with zero attached hydrogens (tertiary/aromatic N) is 2. The van der Waals surface area contributed by atoms with Gasteiger partial charge in [0.25, 0.3) is 5.91 Å². The molecule has 27 heavy (non-hydrogen) atoms. The Bertz CT molecular complexity index is 1130. The quantitative estimate of drug-likeness (QED) is 0.562. The van der Waals surface area contributed by atoms with Gasteiger partial charge in [-0.15, -0.1) is 0 Å². The lowest BCUT2D eigenvalue weighted by molar-refractivity contribution is 0.100. The Morgan fingerprint density at radius 3 is 2.48 bits per heavy atom. The molecule has 1 heterocycles. The number of aromatic nitrogens is 1. The van der Waals surface area contributed by atoms with E-state index in [0.717, 1.165) is 0 Å². The molecule has 2 aromatic carbocycles. The summed E-state index contributed by atoms with van der Waals surface area (Å²) in [7, 11) is -3.07. The lowest BCUT2D eigenvalue weighted by Gasteiger charge is -2.06. The molecule has 0 N–H and O–H groups in total. The molecule has 1 amide bonds. The average molecular weight is 427 g/mol. The highest BCUT2D eigenvalue weighted by Gasteiger charge is 2.26. The van der Waals surface area contributed by atoms with Crippen molar-refractivity contribution in [1.82, 2.24) is 5.16 Å². The number of amides is 1. The van der Waals surface area contributed by atoms with Crippen LogP contribution in [0.5, 0.6) is 0 Å². The van der Waals surface area contributed by atoms with E-state index in [2.05, 4.69) is 9.52 Å². The second kappa shape index (κ2) is 7.42. The van der Waals surface area contributed by atoms with E-state index in [9.17, 15) is 13.4 Å². The second-order valence-electron chi connectivity index (χ2n) is 5.71. The molecule has 5 nitrogen and oxygen atoms in total. The number of hydrogen-bond donors (Lipinski definition) is 0. The molecule has 3 aromatic rings. The molecule has 0 saturated heterocycles. The lowest BCUT2D eigenvalue weighted by atomic mass is 10.1. The van der Waals surface area contributed by atoms with Gasteiger partial charge in [-0.05, 0) is 43.3 Å². The highest BCUT2D eigenvalue weighted by atomic mass is 35.5. The standard InChI is InChI=1S/C18H13Cl2FN2O3S/c1-10-15(17(22-26-10)16-13(20)4-3-5-14(16)21)18(24)23-27(2,25)12-8-6-11(19)7-9-12/h3-9H,1-2H3. The van der Waals surface area contributed by atoms with Crippen LogP contribution in [0.1, 0.15) is 16.1 Å². The van der Waals surface area contributed by atoms with Gasteiger partial charge in [0.05, 0.1) is 20.3 Å². The van der Waals surface area contributed by atoms with E-state index in [0.29, 0.717) is 9.92 Å². The first-order valence-corrected chi connectivity index (χ1v) is 10.3. The Hall–Kier alpha value is -2.22. The van der Waals surface area contributed by atoms with Gasteiger partial charge in [0.1, 0.15) is 22.8 Å². The van der Waals surface area contributed by atoms with Crippen LogP contribution in [-0.2, 0) is 9.73 Å². The maximum absolute atomic E-state index is 14.3. The van der Waals surface area contributed by atoms with E-state index >= 15 is 0 Å². The third kappa shape index (κ3) is 3.90. The van der Waals surface area contributed by atoms with Crippen molar-refractivity contribution in [1.29, 1.82) is 0 Å². The topological polar surface area (TPSA) is 72.5 Å². The first-order valence-electron chi connectivity index (χ1n) is 7.63. The molecular formula is C18H13Cl2FN2O3S. The van der Waals surface area contributed by atoms with Gasteiger partial charge >= 0.3 is 0 Å². The molecule has 3 rings (SSSR count). The molecule has 140 valence electrons. The summed E-state index contributed by atoms with van der Waals surface area (Å²) in [5.74, 6) is -1.39. The summed E-state index contributed by atoms with van der Waals surface area (Å²) in [5.41, 5.74) is -0.259. The normalized spacial score (nSPS) is 13.2. The minimum absolute atomic E-state index is 0.0623. The van der Waals surface area contributed by atoms with Crippen LogP contribution >= 0.6 is 23.2 Å². The van der Waals surface area contributed by atoms with Crippen LogP contribution in [0.3, 0.4) is 0 Å². The molecular weight excluding hydrogens is 414 g/mol. The van der Waals surface area contributed by atoms with Crippen LogP contribution in [0.4, 0.5) is 4.39 Å². The van der Waals surface area contributed by atoms with Gasteiger partial charge in [-0.3, -0.25) is 4.79 Å². The minimum Gasteiger partial charge on any atom is -0.360 e. The number of rotatable bonds is 3. The first-order chi connectivity index (χ1) is 12.7. The van der Waals surface area contributed by atoms with E-state index in [-0.39, 0.29) is 27.6 Å². The molecule has 0 aliphatic rings. The van der Waals surface area contributed by atoms with Crippen molar-refractivity contribution in [3.8, 4) is 11.3 Å². The van der Waals surface area contributed by atoms with Gasteiger partial charge in [0, 0.05) is 16.2 Å². The maximum Gasteiger partial charge on any atom is 0.291 e. The summed E-state index contributed by atoms with van der Waals surface area (Å²) in [6.07, 6.45) is 1.33. The fourth-order valence-corrected chi connectivity index (χ4v) is 4.00. The van der Waals surface area contributed by atoms with E-state index in [1.54, 1.807) is 12.1 Å². The van der Waals surface area contributed by atoms with Gasteiger partial charge in [0.2, 0.25) is 0 Å². The van der Waals surface area contributed by atoms with E-state index < -0.39 is 21.5 Å². The summed E-state index contributed by atoms with van der Waals surface area (Å²) in [6, 6.07) is 10.2. The zero-order valence-corrected chi connectivity index (χ0v) is 16.5. The molecule has 1 unspecified atom stereocenters. The van der Waals surface area contributed by atoms with Crippen molar-refractivity contribution in [3.05, 3.63) is 69.7 Å². The number of hydrogen-bond acceptors (Lipinski definition) is 4. The zero-order chi connectivity index (χ0) is 19.8. The summed E-state index contributed by atoms with van der Waals surface area (Å²) in [5, 5.41) is 4.28. The SMILES string of the molecule is Cc1onc(-c2c(F)cccc2Cl)c1C(=O)N=S(C)(=O)c1ccc(Cl)cc1. The van der Waals surface area contributed by atoms with Gasteiger partial charge < -0.3 is 4.52 Å². The van der Waals surface area contributed by atoms with Crippen LogP contribution in [0.15, 0.2) is 56.2 Å². The van der Waals surface area contributed by atoms with Gasteiger partial charge in [-0.2, -0.15) is 4.36 Å². The molecule has 1 aromatic heterocycles. The van der Waals surface area contributed by atoms with Gasteiger partial charge in [0.15, 0.2) is 0 Å². The molecule has 0 bridgehead atoms. The van der Waals surface area contributed by atoms with E-state index in [1.165, 1.54) is 43.5 Å². The van der Waals surface area contributed by atoms with Crippen LogP contribution in [0.25, 0.3) is 11.3 Å². The molecule has 0 radical (unpaired) electrons. The summed E-state index contributed by atoms with van der Waals surface area (Å²) >= 11 is 11.9. The third-order valence-corrected chi connectivity index (χ3v) is 6.01. The minimum atomic E-state index is -3.07. The van der Waals surface area contributed by atoms with Gasteiger partial charge in [-0.25, -0.2) is 8.60 Å². The van der Waals surface area contributed by atoms with Crippen molar-refractivity contribution >= 4 is 38.8 Å². The third-order valence-electron chi connectivity index (χ3n) is 3.78. The number of carbonyl (C=O) groups excluding carboxylic acids is 1. The van der Waals surface area contributed by atoms with Crippen molar-refractivity contribution in [2.75, 3.05) is 6.26 Å². The fraction of sp³-hybridized carbons (Fsp3) is 0.111. The van der Waals surface area contributed by atoms with Crippen LogP contribution in [-0.4, -0.2) is 21.5 Å². The van der Waals surface area contributed by atoms with Crippen LogP contribution in [0, 0.1) is 12.7 Å². The Morgan fingerprint density at radius 2 is 1.85 bits per heavy atom. The molecule has 0 fully saturated rings. The van der Waals surface area contributed by atoms with E-state index in [1.807, 2.05) is 0 Å². The lowest BCUT2D eigenvalue weighted by Crippen LogP contribution is -2.06. The maximum atomic E-state index is 14.3. The van der Waals surface area contributed by atoms with Crippen LogP contribution in [0.2, 0.25) is 10.0 Å². The molecule has 9 heteroatoms. The predicted octanol–water partition coefficient (Wildman–Crippen LogP) is 5.39. The number of halogens is 3. The largest absolute Gasteiger partial charge is 0.360 e. The number of aryl methyl sites for hydroxylation is 1. The zero-order valence-electron chi connectivity index (χ0n) is 14.2. The number of carbonyl (C=O) groups is 1. The van der Waals surface area contributed by atoms with Crippen LogP contribution < -0.4 is 0 Å². The van der Waals surface area contributed by atoms with Crippen molar-refractivity contribution in [2.45, 2.75) is 11.8 Å². The van der Waals surface area contributed by atoms with E-state index in [4.69, 9.17) is 27.7 Å². The monoisotopic (exact) mass is 426 g/mol. The Balaban J connectivity index is 2.13. The molecule has 0 aliphatic carbocycles. The molecule has 0 aliphatic heterocycles. The smallest absolute Gasteiger partial charge is 0.291 e. The summed E-state index contributed by atoms with van der Waals surface area (Å²) in [4.78, 5) is 13.1. The number of benzene rings is 2. The molecule has 0 spiro atoms. The Labute approximate surface area is 165 Å². The van der Waals surface area contributed by atoms with Gasteiger partial charge in [-0.1, -0.05) is 34.4 Å². The Kier molecular flexibility index (Phi) is 5.37. The first kappa shape index (κ1) is 19.5. The highest BCUT2D eigenvalue weighted by molar-refractivity contribution is 7.93. The Morgan fingerprint density at radius 1 is 1.19 bits per heavy atom. The van der Waals surface area contributed by atoms with Crippen molar-refractivity contribution in [2.24, 2.45) is 4.36 Å². The fourth-order valence-electron chi connectivity index (χ4n) is 2.46. The molecule has 0 saturated carbocycles. The predicted molar refractivity (Wildman–Crippen MR) is 102 cm³/mol. The van der Waals surface area contributed by atoms with Crippen molar-refractivity contribution in [3.63, 3.8) is 0 Å². The summed E-state index contributed by atoms with van der Waals surface area (Å²) < 4.78 is 36.1. The summed E-state index contributed by atoms with van der Waals surface area (Å²) in [6.45, 7) is 1.48. The highest BCUT2D eigenvalue weighted by Crippen LogP contribution is 2.34. The van der Waals surface area contributed by atoms with Crippen molar-refractivity contribution < 1.29 is 17.9 Å².